The van der Waals surface area contributed by atoms with Gasteiger partial charge in [-0.15, -0.1) is 0 Å². The molecule has 1 fully saturated rings. The summed E-state index contributed by atoms with van der Waals surface area (Å²) >= 11 is 0. The summed E-state index contributed by atoms with van der Waals surface area (Å²) in [5, 5.41) is 11.6. The average molecular weight is 304 g/mol. The van der Waals surface area contributed by atoms with E-state index in [9.17, 15) is 9.59 Å². The molecule has 5 nitrogen and oxygen atoms in total. The van der Waals surface area contributed by atoms with E-state index in [0.717, 1.165) is 38.5 Å². The van der Waals surface area contributed by atoms with Gasteiger partial charge in [0, 0.05) is 5.92 Å². The standard InChI is InChI=1S/C17H24N2O3/c20-16(14-10-4-5-11-14)18-15(17(21)19-22)12-6-9-13-7-2-1-3-8-13/h1-3,7-8,14-15,22H,4-6,9-12H2,(H,18,20)(H,19,21). The molecule has 0 bridgehead atoms. The lowest BCUT2D eigenvalue weighted by Gasteiger charge is -2.19. The lowest BCUT2D eigenvalue weighted by Crippen LogP contribution is -2.47. The van der Waals surface area contributed by atoms with Gasteiger partial charge >= 0.3 is 0 Å². The first kappa shape index (κ1) is 16.5. The van der Waals surface area contributed by atoms with Gasteiger partial charge in [-0.1, -0.05) is 43.2 Å². The second kappa shape index (κ2) is 8.54. The van der Waals surface area contributed by atoms with Crippen LogP contribution >= 0.6 is 0 Å². The van der Waals surface area contributed by atoms with Crippen molar-refractivity contribution < 1.29 is 14.8 Å². The summed E-state index contributed by atoms with van der Waals surface area (Å²) in [5.74, 6) is -0.590. The SMILES string of the molecule is O=C(NC(CCCc1ccccc1)C(=O)NO)C1CCCC1. The van der Waals surface area contributed by atoms with Crippen LogP contribution in [0.3, 0.4) is 0 Å². The number of carbonyl (C=O) groups excluding carboxylic acids is 2. The van der Waals surface area contributed by atoms with E-state index in [1.54, 1.807) is 5.48 Å². The molecule has 1 unspecified atom stereocenters. The van der Waals surface area contributed by atoms with Crippen LogP contribution in [-0.2, 0) is 16.0 Å². The maximum Gasteiger partial charge on any atom is 0.265 e. The summed E-state index contributed by atoms with van der Waals surface area (Å²) < 4.78 is 0. The van der Waals surface area contributed by atoms with Crippen molar-refractivity contribution in [3.63, 3.8) is 0 Å². The van der Waals surface area contributed by atoms with Crippen LogP contribution in [0.5, 0.6) is 0 Å². The van der Waals surface area contributed by atoms with Gasteiger partial charge in [-0.3, -0.25) is 14.8 Å². The molecule has 0 aromatic heterocycles. The van der Waals surface area contributed by atoms with Crippen molar-refractivity contribution in [3.05, 3.63) is 35.9 Å². The second-order valence-corrected chi connectivity index (χ2v) is 5.90. The highest BCUT2D eigenvalue weighted by atomic mass is 16.5. The maximum atomic E-state index is 12.1. The molecule has 2 amide bonds. The zero-order valence-electron chi connectivity index (χ0n) is 12.8. The lowest BCUT2D eigenvalue weighted by atomic mass is 10.0. The topological polar surface area (TPSA) is 78.4 Å². The molecule has 3 N–H and O–H groups in total. The van der Waals surface area contributed by atoms with Crippen LogP contribution in [-0.4, -0.2) is 23.1 Å². The zero-order valence-corrected chi connectivity index (χ0v) is 12.8. The molecular formula is C17H24N2O3. The normalized spacial score (nSPS) is 16.2. The Bertz CT molecular complexity index is 484. The summed E-state index contributed by atoms with van der Waals surface area (Å²) in [6, 6.07) is 9.34. The number of benzene rings is 1. The van der Waals surface area contributed by atoms with E-state index in [2.05, 4.69) is 5.32 Å². The minimum atomic E-state index is -0.665. The molecule has 2 rings (SSSR count). The molecule has 0 heterocycles. The van der Waals surface area contributed by atoms with Gasteiger partial charge < -0.3 is 5.32 Å². The Hall–Kier alpha value is -1.88. The van der Waals surface area contributed by atoms with Crippen molar-refractivity contribution >= 4 is 11.8 Å². The lowest BCUT2D eigenvalue weighted by molar-refractivity contribution is -0.136. The molecule has 22 heavy (non-hydrogen) atoms. The van der Waals surface area contributed by atoms with E-state index in [1.165, 1.54) is 5.56 Å². The van der Waals surface area contributed by atoms with E-state index < -0.39 is 11.9 Å². The fraction of sp³-hybridized carbons (Fsp3) is 0.529. The Morgan fingerprint density at radius 3 is 2.50 bits per heavy atom. The average Bonchev–Trinajstić information content (AvgIpc) is 3.08. The molecule has 0 spiro atoms. The highest BCUT2D eigenvalue weighted by Gasteiger charge is 2.27. The Balaban J connectivity index is 1.83. The van der Waals surface area contributed by atoms with Crippen LogP contribution in [0.15, 0.2) is 30.3 Å². The molecule has 1 aliphatic carbocycles. The molecule has 5 heteroatoms. The van der Waals surface area contributed by atoms with Gasteiger partial charge in [0.05, 0.1) is 0 Å². The number of amides is 2. The molecule has 1 saturated carbocycles. The van der Waals surface area contributed by atoms with Crippen LogP contribution in [0.1, 0.15) is 44.1 Å². The quantitative estimate of drug-likeness (QED) is 0.534. The fourth-order valence-corrected chi connectivity index (χ4v) is 2.98. The van der Waals surface area contributed by atoms with Gasteiger partial charge in [-0.2, -0.15) is 0 Å². The summed E-state index contributed by atoms with van der Waals surface area (Å²) in [5.41, 5.74) is 2.86. The van der Waals surface area contributed by atoms with E-state index in [-0.39, 0.29) is 11.8 Å². The van der Waals surface area contributed by atoms with Crippen LogP contribution in [0, 0.1) is 5.92 Å². The number of hydrogen-bond donors (Lipinski definition) is 3. The number of nitrogens with one attached hydrogen (secondary N) is 2. The third-order valence-corrected chi connectivity index (χ3v) is 4.27. The maximum absolute atomic E-state index is 12.1. The molecule has 0 saturated heterocycles. The van der Waals surface area contributed by atoms with Crippen molar-refractivity contribution in [2.45, 2.75) is 51.0 Å². The zero-order chi connectivity index (χ0) is 15.8. The van der Waals surface area contributed by atoms with Gasteiger partial charge in [0.15, 0.2) is 0 Å². The molecule has 0 radical (unpaired) electrons. The molecule has 1 aliphatic rings. The van der Waals surface area contributed by atoms with Gasteiger partial charge in [0.25, 0.3) is 5.91 Å². The van der Waals surface area contributed by atoms with E-state index in [0.29, 0.717) is 6.42 Å². The van der Waals surface area contributed by atoms with Crippen LogP contribution < -0.4 is 10.8 Å². The highest BCUT2D eigenvalue weighted by molar-refractivity contribution is 5.87. The van der Waals surface area contributed by atoms with Gasteiger partial charge in [0.2, 0.25) is 5.91 Å². The Morgan fingerprint density at radius 1 is 1.18 bits per heavy atom. The predicted molar refractivity (Wildman–Crippen MR) is 83.2 cm³/mol. The first-order valence-electron chi connectivity index (χ1n) is 7.99. The molecule has 1 aromatic carbocycles. The van der Waals surface area contributed by atoms with E-state index >= 15 is 0 Å². The van der Waals surface area contributed by atoms with Crippen molar-refractivity contribution in [2.75, 3.05) is 0 Å². The highest BCUT2D eigenvalue weighted by Crippen LogP contribution is 2.24. The summed E-state index contributed by atoms with van der Waals surface area (Å²) in [6.07, 6.45) is 6.06. The van der Waals surface area contributed by atoms with Gasteiger partial charge in [-0.25, -0.2) is 5.48 Å². The number of hydrogen-bond acceptors (Lipinski definition) is 3. The van der Waals surface area contributed by atoms with E-state index in [4.69, 9.17) is 5.21 Å². The van der Waals surface area contributed by atoms with Crippen molar-refractivity contribution in [2.24, 2.45) is 5.92 Å². The summed E-state index contributed by atoms with van der Waals surface area (Å²) in [6.45, 7) is 0. The van der Waals surface area contributed by atoms with Crippen molar-refractivity contribution in [1.82, 2.24) is 10.8 Å². The van der Waals surface area contributed by atoms with Crippen LogP contribution in [0.2, 0.25) is 0 Å². The van der Waals surface area contributed by atoms with Gasteiger partial charge in [0.1, 0.15) is 6.04 Å². The monoisotopic (exact) mass is 304 g/mol. The van der Waals surface area contributed by atoms with Crippen molar-refractivity contribution in [3.8, 4) is 0 Å². The smallest absolute Gasteiger partial charge is 0.265 e. The summed E-state index contributed by atoms with van der Waals surface area (Å²) in [4.78, 5) is 23.9. The predicted octanol–water partition coefficient (Wildman–Crippen LogP) is 2.19. The van der Waals surface area contributed by atoms with E-state index in [1.807, 2.05) is 30.3 Å². The fourth-order valence-electron chi connectivity index (χ4n) is 2.98. The molecule has 1 aromatic rings. The minimum absolute atomic E-state index is 0.0168. The van der Waals surface area contributed by atoms with Crippen LogP contribution in [0.25, 0.3) is 0 Å². The second-order valence-electron chi connectivity index (χ2n) is 5.90. The van der Waals surface area contributed by atoms with Crippen LogP contribution in [0.4, 0.5) is 0 Å². The Labute approximate surface area is 131 Å². The molecule has 120 valence electrons. The molecular weight excluding hydrogens is 280 g/mol. The first-order valence-corrected chi connectivity index (χ1v) is 7.99. The molecule has 0 aliphatic heterocycles. The molecule has 1 atom stereocenters. The number of hydroxylamine groups is 1. The Kier molecular flexibility index (Phi) is 6.40. The first-order chi connectivity index (χ1) is 10.7. The minimum Gasteiger partial charge on any atom is -0.344 e. The van der Waals surface area contributed by atoms with Crippen molar-refractivity contribution in [1.29, 1.82) is 0 Å². The Morgan fingerprint density at radius 2 is 1.86 bits per heavy atom. The third kappa shape index (κ3) is 4.84. The van der Waals surface area contributed by atoms with Gasteiger partial charge in [-0.05, 0) is 37.7 Å². The largest absolute Gasteiger partial charge is 0.344 e. The summed E-state index contributed by atoms with van der Waals surface area (Å²) in [7, 11) is 0. The number of rotatable bonds is 7. The number of aryl methyl sites for hydroxylation is 1. The number of carbonyl (C=O) groups is 2. The third-order valence-electron chi connectivity index (χ3n) is 4.27.